The Bertz CT molecular complexity index is 592. The van der Waals surface area contributed by atoms with Crippen LogP contribution in [0.2, 0.25) is 0 Å². The highest BCUT2D eigenvalue weighted by Gasteiger charge is 2.16. The van der Waals surface area contributed by atoms with E-state index < -0.39 is 0 Å². The standard InChI is InChI=1S/C14H18N4OS/c1-3-8-16-14-18-12(15)11(20-14)13(19)17-10-6-4-9(2)5-7-10/h4-7H,3,8,15H2,1-2H3,(H,16,18)(H,17,19). The number of amides is 1. The highest BCUT2D eigenvalue weighted by molar-refractivity contribution is 7.18. The van der Waals surface area contributed by atoms with Crippen LogP contribution in [0, 0.1) is 6.92 Å². The molecule has 0 fully saturated rings. The van der Waals surface area contributed by atoms with Gasteiger partial charge in [0.2, 0.25) is 0 Å². The van der Waals surface area contributed by atoms with Gasteiger partial charge in [0.05, 0.1) is 0 Å². The molecule has 5 nitrogen and oxygen atoms in total. The lowest BCUT2D eigenvalue weighted by molar-refractivity contribution is 0.103. The van der Waals surface area contributed by atoms with Crippen molar-refractivity contribution in [3.8, 4) is 0 Å². The molecule has 0 bridgehead atoms. The summed E-state index contributed by atoms with van der Waals surface area (Å²) in [5.74, 6) is 0.0339. The number of benzene rings is 1. The highest BCUT2D eigenvalue weighted by atomic mass is 32.1. The van der Waals surface area contributed by atoms with E-state index in [-0.39, 0.29) is 11.7 Å². The van der Waals surface area contributed by atoms with E-state index in [4.69, 9.17) is 5.73 Å². The van der Waals surface area contributed by atoms with Gasteiger partial charge in [-0.25, -0.2) is 4.98 Å². The first-order valence-electron chi connectivity index (χ1n) is 6.48. The van der Waals surface area contributed by atoms with Crippen LogP contribution in [-0.2, 0) is 0 Å². The third-order valence-electron chi connectivity index (χ3n) is 2.70. The van der Waals surface area contributed by atoms with E-state index in [0.717, 1.165) is 24.2 Å². The SMILES string of the molecule is CCCNc1nc(N)c(C(=O)Nc2ccc(C)cc2)s1. The Hall–Kier alpha value is -2.08. The van der Waals surface area contributed by atoms with Crippen LogP contribution in [0.25, 0.3) is 0 Å². The van der Waals surface area contributed by atoms with Gasteiger partial charge in [0.15, 0.2) is 5.13 Å². The normalized spacial score (nSPS) is 10.3. The van der Waals surface area contributed by atoms with Gasteiger partial charge in [-0.05, 0) is 25.5 Å². The van der Waals surface area contributed by atoms with Gasteiger partial charge in [0, 0.05) is 12.2 Å². The number of nitrogens with zero attached hydrogens (tertiary/aromatic N) is 1. The van der Waals surface area contributed by atoms with Crippen LogP contribution >= 0.6 is 11.3 Å². The van der Waals surface area contributed by atoms with E-state index in [2.05, 4.69) is 22.5 Å². The molecule has 0 saturated heterocycles. The van der Waals surface area contributed by atoms with E-state index in [9.17, 15) is 4.79 Å². The topological polar surface area (TPSA) is 80.0 Å². The summed E-state index contributed by atoms with van der Waals surface area (Å²) < 4.78 is 0. The molecular weight excluding hydrogens is 272 g/mol. The third kappa shape index (κ3) is 3.48. The molecule has 2 aromatic rings. The van der Waals surface area contributed by atoms with Crippen molar-refractivity contribution in [2.45, 2.75) is 20.3 Å². The van der Waals surface area contributed by atoms with Crippen LogP contribution in [0.5, 0.6) is 0 Å². The zero-order valence-corrected chi connectivity index (χ0v) is 12.4. The minimum atomic E-state index is -0.228. The summed E-state index contributed by atoms with van der Waals surface area (Å²) in [4.78, 5) is 16.7. The Labute approximate surface area is 122 Å². The maximum atomic E-state index is 12.2. The van der Waals surface area contributed by atoms with Crippen molar-refractivity contribution in [1.82, 2.24) is 4.98 Å². The summed E-state index contributed by atoms with van der Waals surface area (Å²) in [6.45, 7) is 4.87. The van der Waals surface area contributed by atoms with Crippen molar-refractivity contribution in [3.63, 3.8) is 0 Å². The molecule has 0 radical (unpaired) electrons. The number of aromatic nitrogens is 1. The average Bonchev–Trinajstić information content (AvgIpc) is 2.80. The molecule has 2 rings (SSSR count). The summed E-state index contributed by atoms with van der Waals surface area (Å²) >= 11 is 1.27. The number of hydrogen-bond acceptors (Lipinski definition) is 5. The Morgan fingerprint density at radius 1 is 1.35 bits per heavy atom. The zero-order chi connectivity index (χ0) is 14.5. The maximum Gasteiger partial charge on any atom is 0.269 e. The van der Waals surface area contributed by atoms with Crippen LogP contribution in [0.1, 0.15) is 28.6 Å². The molecule has 0 atom stereocenters. The molecule has 1 aromatic carbocycles. The number of anilines is 3. The van der Waals surface area contributed by atoms with Gasteiger partial charge in [-0.15, -0.1) is 0 Å². The van der Waals surface area contributed by atoms with Crippen molar-refractivity contribution in [2.24, 2.45) is 0 Å². The van der Waals surface area contributed by atoms with Gasteiger partial charge in [-0.1, -0.05) is 36.0 Å². The Morgan fingerprint density at radius 2 is 2.05 bits per heavy atom. The van der Waals surface area contributed by atoms with Crippen molar-refractivity contribution in [1.29, 1.82) is 0 Å². The van der Waals surface area contributed by atoms with Crippen molar-refractivity contribution in [3.05, 3.63) is 34.7 Å². The predicted molar refractivity (Wildman–Crippen MR) is 84.4 cm³/mol. The average molecular weight is 290 g/mol. The fourth-order valence-corrected chi connectivity index (χ4v) is 2.43. The fraction of sp³-hybridized carbons (Fsp3) is 0.286. The number of nitrogen functional groups attached to an aromatic ring is 1. The molecule has 0 aliphatic rings. The van der Waals surface area contributed by atoms with Crippen LogP contribution < -0.4 is 16.4 Å². The summed E-state index contributed by atoms with van der Waals surface area (Å²) in [7, 11) is 0. The molecule has 0 aliphatic carbocycles. The molecule has 1 aromatic heterocycles. The number of nitrogens with one attached hydrogen (secondary N) is 2. The number of rotatable bonds is 5. The lowest BCUT2D eigenvalue weighted by Gasteiger charge is -2.03. The maximum absolute atomic E-state index is 12.2. The van der Waals surface area contributed by atoms with Crippen LogP contribution in [-0.4, -0.2) is 17.4 Å². The molecule has 106 valence electrons. The Balaban J connectivity index is 2.08. The van der Waals surface area contributed by atoms with Gasteiger partial charge in [-0.2, -0.15) is 0 Å². The lowest BCUT2D eigenvalue weighted by atomic mass is 10.2. The lowest BCUT2D eigenvalue weighted by Crippen LogP contribution is -2.12. The highest BCUT2D eigenvalue weighted by Crippen LogP contribution is 2.25. The minimum absolute atomic E-state index is 0.228. The van der Waals surface area contributed by atoms with Crippen molar-refractivity contribution < 1.29 is 4.79 Å². The molecular formula is C14H18N4OS. The van der Waals surface area contributed by atoms with Gasteiger partial charge in [0.1, 0.15) is 10.7 Å². The predicted octanol–water partition coefficient (Wildman–Crippen LogP) is 3.11. The summed E-state index contributed by atoms with van der Waals surface area (Å²) in [5.41, 5.74) is 7.68. The second-order valence-electron chi connectivity index (χ2n) is 4.48. The smallest absolute Gasteiger partial charge is 0.269 e. The van der Waals surface area contributed by atoms with Gasteiger partial charge >= 0.3 is 0 Å². The minimum Gasteiger partial charge on any atom is -0.382 e. The van der Waals surface area contributed by atoms with Crippen molar-refractivity contribution in [2.75, 3.05) is 22.9 Å². The summed E-state index contributed by atoms with van der Waals surface area (Å²) in [6.07, 6.45) is 0.990. The quantitative estimate of drug-likeness (QED) is 0.790. The molecule has 1 amide bonds. The van der Waals surface area contributed by atoms with Crippen LogP contribution in [0.15, 0.2) is 24.3 Å². The Kier molecular flexibility index (Phi) is 4.57. The largest absolute Gasteiger partial charge is 0.382 e. The second-order valence-corrected chi connectivity index (χ2v) is 5.48. The van der Waals surface area contributed by atoms with Gasteiger partial charge in [-0.3, -0.25) is 4.79 Å². The number of carbonyl (C=O) groups is 1. The van der Waals surface area contributed by atoms with E-state index >= 15 is 0 Å². The van der Waals surface area contributed by atoms with Gasteiger partial charge in [0.25, 0.3) is 5.91 Å². The molecule has 20 heavy (non-hydrogen) atoms. The molecule has 4 N–H and O–H groups in total. The first kappa shape index (κ1) is 14.3. The van der Waals surface area contributed by atoms with E-state index in [0.29, 0.717) is 10.0 Å². The van der Waals surface area contributed by atoms with Gasteiger partial charge < -0.3 is 16.4 Å². The summed E-state index contributed by atoms with van der Waals surface area (Å²) in [5, 5.41) is 6.63. The monoisotopic (exact) mass is 290 g/mol. The van der Waals surface area contributed by atoms with E-state index in [1.54, 1.807) is 0 Å². The fourth-order valence-electron chi connectivity index (χ4n) is 1.63. The molecule has 1 heterocycles. The molecule has 0 saturated carbocycles. The molecule has 0 aliphatic heterocycles. The molecule has 0 unspecified atom stereocenters. The zero-order valence-electron chi connectivity index (χ0n) is 11.6. The Morgan fingerprint density at radius 3 is 2.70 bits per heavy atom. The van der Waals surface area contributed by atoms with E-state index in [1.807, 2.05) is 31.2 Å². The van der Waals surface area contributed by atoms with E-state index in [1.165, 1.54) is 11.3 Å². The number of nitrogens with two attached hydrogens (primary N) is 1. The van der Waals surface area contributed by atoms with Crippen LogP contribution in [0.3, 0.4) is 0 Å². The summed E-state index contributed by atoms with van der Waals surface area (Å²) in [6, 6.07) is 7.61. The first-order valence-corrected chi connectivity index (χ1v) is 7.30. The van der Waals surface area contributed by atoms with Crippen molar-refractivity contribution >= 4 is 33.9 Å². The number of aryl methyl sites for hydroxylation is 1. The number of hydrogen-bond donors (Lipinski definition) is 3. The number of carbonyl (C=O) groups excluding carboxylic acids is 1. The number of thiazole rings is 1. The van der Waals surface area contributed by atoms with Crippen LogP contribution in [0.4, 0.5) is 16.6 Å². The first-order chi connectivity index (χ1) is 9.60. The molecule has 0 spiro atoms. The molecule has 6 heteroatoms. The second kappa shape index (κ2) is 6.38. The third-order valence-corrected chi connectivity index (χ3v) is 3.72.